The van der Waals surface area contributed by atoms with Crippen molar-refractivity contribution in [3.63, 3.8) is 0 Å². The molecular weight excluding hydrogens is 383 g/mol. The lowest BCUT2D eigenvalue weighted by Gasteiger charge is -2.30. The van der Waals surface area contributed by atoms with Crippen molar-refractivity contribution < 1.29 is 17.8 Å². The summed E-state index contributed by atoms with van der Waals surface area (Å²) < 4.78 is 33.3. The zero-order chi connectivity index (χ0) is 17.4. The van der Waals surface area contributed by atoms with Crippen LogP contribution < -0.4 is 9.21 Å². The minimum absolute atomic E-state index is 0.0996. The maximum Gasteiger partial charge on any atom is 0.271 e. The molecule has 0 aliphatic heterocycles. The third-order valence-corrected chi connectivity index (χ3v) is 6.12. The lowest BCUT2D eigenvalue weighted by atomic mass is 10.3. The number of thiophene rings is 1. The highest BCUT2D eigenvalue weighted by Crippen LogP contribution is 2.32. The standard InChI is InChI=1S/C13H12Cl2N2O4S2/c1-17(2,23(19,20)21)11-5-6-22-12(11)13(18)16-8-3-4-9(14)10(15)7-8/h3-7H,1-2H3,(H-,16,18,19,20,21). The molecule has 0 radical (unpaired) electrons. The first kappa shape index (κ1) is 18.2. The fourth-order valence-electron chi connectivity index (χ4n) is 1.78. The number of rotatable bonds is 4. The number of amides is 1. The zero-order valence-electron chi connectivity index (χ0n) is 12.0. The SMILES string of the molecule is C[N+](C)(c1ccsc1C(=O)Nc1ccc(Cl)c(Cl)c1)S(=O)(=O)[O-]. The topological polar surface area (TPSA) is 86.3 Å². The molecule has 0 unspecified atom stereocenters. The van der Waals surface area contributed by atoms with Crippen LogP contribution in [0.4, 0.5) is 11.4 Å². The van der Waals surface area contributed by atoms with E-state index in [9.17, 15) is 17.8 Å². The number of anilines is 1. The van der Waals surface area contributed by atoms with E-state index in [0.29, 0.717) is 10.7 Å². The maximum absolute atomic E-state index is 12.4. The normalized spacial score (nSPS) is 12.2. The number of nitrogens with zero attached hydrogens (tertiary/aromatic N) is 1. The molecule has 0 spiro atoms. The van der Waals surface area contributed by atoms with Crippen LogP contribution >= 0.6 is 34.5 Å². The summed E-state index contributed by atoms with van der Waals surface area (Å²) in [6.07, 6.45) is 0. The van der Waals surface area contributed by atoms with E-state index in [4.69, 9.17) is 23.2 Å². The second-order valence-corrected chi connectivity index (χ2v) is 8.50. The number of halogens is 2. The molecule has 6 nitrogen and oxygen atoms in total. The molecule has 124 valence electrons. The zero-order valence-corrected chi connectivity index (χ0v) is 15.2. The van der Waals surface area contributed by atoms with Crippen LogP contribution in [0, 0.1) is 0 Å². The number of hydrogen-bond donors (Lipinski definition) is 1. The quantitative estimate of drug-likeness (QED) is 0.636. The summed E-state index contributed by atoms with van der Waals surface area (Å²) in [6.45, 7) is 0. The minimum Gasteiger partial charge on any atom is -0.701 e. The van der Waals surface area contributed by atoms with Crippen LogP contribution in [0.25, 0.3) is 0 Å². The Labute approximate surface area is 147 Å². The van der Waals surface area contributed by atoms with Gasteiger partial charge in [-0.3, -0.25) is 4.79 Å². The number of hydrogen-bond acceptors (Lipinski definition) is 5. The molecule has 1 aromatic heterocycles. The number of carbonyl (C=O) groups is 1. The van der Waals surface area contributed by atoms with Crippen molar-refractivity contribution in [1.82, 2.24) is 3.89 Å². The van der Waals surface area contributed by atoms with E-state index < -0.39 is 20.1 Å². The molecule has 10 heteroatoms. The molecule has 23 heavy (non-hydrogen) atoms. The average molecular weight is 395 g/mol. The Balaban J connectivity index is 2.35. The first-order valence-corrected chi connectivity index (χ1v) is 9.18. The largest absolute Gasteiger partial charge is 0.701 e. The van der Waals surface area contributed by atoms with Crippen molar-refractivity contribution in [1.29, 1.82) is 0 Å². The Morgan fingerprint density at radius 2 is 1.87 bits per heavy atom. The highest BCUT2D eigenvalue weighted by Gasteiger charge is 2.33. The highest BCUT2D eigenvalue weighted by atomic mass is 35.5. The van der Waals surface area contributed by atoms with Crippen molar-refractivity contribution in [2.45, 2.75) is 0 Å². The van der Waals surface area contributed by atoms with Gasteiger partial charge in [-0.15, -0.1) is 11.3 Å². The number of quaternary nitrogens is 1. The maximum atomic E-state index is 12.4. The summed E-state index contributed by atoms with van der Waals surface area (Å²) >= 11 is 12.7. The lowest BCUT2D eigenvalue weighted by Crippen LogP contribution is -2.46. The summed E-state index contributed by atoms with van der Waals surface area (Å²) in [4.78, 5) is 12.5. The molecule has 0 saturated carbocycles. The fraction of sp³-hybridized carbons (Fsp3) is 0.154. The van der Waals surface area contributed by atoms with E-state index >= 15 is 0 Å². The van der Waals surface area contributed by atoms with Crippen LogP contribution in [0.2, 0.25) is 10.0 Å². The van der Waals surface area contributed by atoms with Crippen molar-refractivity contribution in [2.24, 2.45) is 0 Å². The van der Waals surface area contributed by atoms with Gasteiger partial charge in [0, 0.05) is 11.8 Å². The van der Waals surface area contributed by atoms with E-state index in [0.717, 1.165) is 11.3 Å². The summed E-state index contributed by atoms with van der Waals surface area (Å²) in [5.41, 5.74) is 0.501. The summed E-state index contributed by atoms with van der Waals surface area (Å²) in [7, 11) is -2.27. The van der Waals surface area contributed by atoms with Gasteiger partial charge in [0.1, 0.15) is 0 Å². The lowest BCUT2D eigenvalue weighted by molar-refractivity contribution is 0.103. The predicted octanol–water partition coefficient (Wildman–Crippen LogP) is 3.33. The van der Waals surface area contributed by atoms with E-state index in [1.54, 1.807) is 11.4 Å². The Bertz CT molecular complexity index is 863. The molecule has 1 N–H and O–H groups in total. The first-order chi connectivity index (χ1) is 10.5. The van der Waals surface area contributed by atoms with Gasteiger partial charge in [-0.1, -0.05) is 23.2 Å². The van der Waals surface area contributed by atoms with Gasteiger partial charge in [-0.25, -0.2) is 0 Å². The van der Waals surface area contributed by atoms with Crippen LogP contribution in [0.1, 0.15) is 9.67 Å². The Kier molecular flexibility index (Phi) is 5.05. The van der Waals surface area contributed by atoms with Gasteiger partial charge in [0.15, 0.2) is 10.6 Å². The van der Waals surface area contributed by atoms with Crippen LogP contribution in [0.15, 0.2) is 29.6 Å². The van der Waals surface area contributed by atoms with Crippen molar-refractivity contribution in [3.05, 3.63) is 44.6 Å². The Morgan fingerprint density at radius 1 is 1.22 bits per heavy atom. The summed E-state index contributed by atoms with van der Waals surface area (Å²) in [6, 6.07) is 5.99. The van der Waals surface area contributed by atoms with Crippen molar-refractivity contribution >= 4 is 62.1 Å². The predicted molar refractivity (Wildman–Crippen MR) is 92.1 cm³/mol. The van der Waals surface area contributed by atoms with E-state index in [2.05, 4.69) is 5.32 Å². The monoisotopic (exact) mass is 394 g/mol. The molecule has 1 aromatic carbocycles. The van der Waals surface area contributed by atoms with E-state index in [-0.39, 0.29) is 15.6 Å². The van der Waals surface area contributed by atoms with Crippen molar-refractivity contribution in [3.8, 4) is 0 Å². The average Bonchev–Trinajstić information content (AvgIpc) is 2.91. The molecule has 0 aliphatic carbocycles. The number of benzene rings is 1. The number of nitrogens with one attached hydrogen (secondary N) is 1. The molecule has 0 fully saturated rings. The van der Waals surface area contributed by atoms with Gasteiger partial charge in [0.2, 0.25) is 0 Å². The Hall–Kier alpha value is -1.16. The van der Waals surface area contributed by atoms with E-state index in [1.165, 1.54) is 32.3 Å². The second-order valence-electron chi connectivity index (χ2n) is 5.00. The Morgan fingerprint density at radius 3 is 2.43 bits per heavy atom. The molecule has 0 saturated heterocycles. The molecule has 0 atom stereocenters. The van der Waals surface area contributed by atoms with Crippen LogP contribution in [0.3, 0.4) is 0 Å². The van der Waals surface area contributed by atoms with Crippen LogP contribution in [-0.4, -0.2) is 33.0 Å². The van der Waals surface area contributed by atoms with Crippen LogP contribution in [-0.2, 0) is 10.3 Å². The third kappa shape index (κ3) is 3.68. The van der Waals surface area contributed by atoms with Crippen LogP contribution in [0.5, 0.6) is 0 Å². The molecule has 1 heterocycles. The van der Waals surface area contributed by atoms with Gasteiger partial charge < -0.3 is 9.87 Å². The smallest absolute Gasteiger partial charge is 0.271 e. The van der Waals surface area contributed by atoms with E-state index in [1.807, 2.05) is 0 Å². The molecule has 1 amide bonds. The summed E-state index contributed by atoms with van der Waals surface area (Å²) in [5.74, 6) is -0.539. The minimum atomic E-state index is -4.69. The van der Waals surface area contributed by atoms with Crippen molar-refractivity contribution in [2.75, 3.05) is 19.4 Å². The van der Waals surface area contributed by atoms with Gasteiger partial charge >= 0.3 is 0 Å². The molecule has 0 bridgehead atoms. The molecule has 2 rings (SSSR count). The molecule has 2 aromatic rings. The fourth-order valence-corrected chi connectivity index (χ4v) is 3.44. The van der Waals surface area contributed by atoms with Gasteiger partial charge in [-0.2, -0.15) is 12.3 Å². The summed E-state index contributed by atoms with van der Waals surface area (Å²) in [5, 5.41) is 4.76. The van der Waals surface area contributed by atoms with Gasteiger partial charge in [-0.05, 0) is 23.6 Å². The number of carbonyl (C=O) groups excluding carboxylic acids is 1. The third-order valence-electron chi connectivity index (χ3n) is 3.17. The van der Waals surface area contributed by atoms with Gasteiger partial charge in [0.25, 0.3) is 16.2 Å². The first-order valence-electron chi connectivity index (χ1n) is 6.18. The molecule has 0 aliphatic rings. The second kappa shape index (κ2) is 6.39. The highest BCUT2D eigenvalue weighted by molar-refractivity contribution is 7.85. The molecular formula is C13H12Cl2N2O4S2. The van der Waals surface area contributed by atoms with Gasteiger partial charge in [0.05, 0.1) is 24.1 Å².